The van der Waals surface area contributed by atoms with Crippen LogP contribution < -0.4 is 0 Å². The first kappa shape index (κ1) is 8.69. The van der Waals surface area contributed by atoms with Crippen molar-refractivity contribution in [2.24, 2.45) is 0 Å². The summed E-state index contributed by atoms with van der Waals surface area (Å²) >= 11 is 0. The van der Waals surface area contributed by atoms with Crippen LogP contribution in [0.1, 0.15) is 15.9 Å². The SMILES string of the molecule is Cc1cc2cccnc2cc1C(=O)O. The molecule has 0 aliphatic rings. The standard InChI is InChI=1S/C11H9NO2/c1-7-5-8-3-2-4-12-10(8)6-9(7)11(13)14/h2-6H,1H3,(H,13,14). The minimum absolute atomic E-state index is 0.316. The third-order valence-corrected chi connectivity index (χ3v) is 2.18. The minimum atomic E-state index is -0.907. The van der Waals surface area contributed by atoms with Crippen molar-refractivity contribution in [2.45, 2.75) is 6.92 Å². The van der Waals surface area contributed by atoms with Gasteiger partial charge in [0, 0.05) is 11.6 Å². The summed E-state index contributed by atoms with van der Waals surface area (Å²) in [5.41, 5.74) is 1.80. The lowest BCUT2D eigenvalue weighted by molar-refractivity contribution is 0.0696. The highest BCUT2D eigenvalue weighted by Gasteiger charge is 2.08. The zero-order valence-corrected chi connectivity index (χ0v) is 7.69. The van der Waals surface area contributed by atoms with Gasteiger partial charge in [0.25, 0.3) is 0 Å². The van der Waals surface area contributed by atoms with Crippen LogP contribution in [0.3, 0.4) is 0 Å². The molecule has 3 nitrogen and oxygen atoms in total. The lowest BCUT2D eigenvalue weighted by Crippen LogP contribution is -1.99. The largest absolute Gasteiger partial charge is 0.478 e. The van der Waals surface area contributed by atoms with Crippen molar-refractivity contribution in [3.8, 4) is 0 Å². The molecule has 0 amide bonds. The second-order valence-electron chi connectivity index (χ2n) is 3.17. The molecular weight excluding hydrogens is 178 g/mol. The third-order valence-electron chi connectivity index (χ3n) is 2.18. The van der Waals surface area contributed by atoms with E-state index in [1.165, 1.54) is 0 Å². The molecule has 0 atom stereocenters. The van der Waals surface area contributed by atoms with Crippen molar-refractivity contribution >= 4 is 16.9 Å². The van der Waals surface area contributed by atoms with Crippen LogP contribution in [0.25, 0.3) is 10.9 Å². The molecule has 0 spiro atoms. The van der Waals surface area contributed by atoms with Gasteiger partial charge in [-0.2, -0.15) is 0 Å². The summed E-state index contributed by atoms with van der Waals surface area (Å²) < 4.78 is 0. The van der Waals surface area contributed by atoms with E-state index >= 15 is 0 Å². The molecule has 0 unspecified atom stereocenters. The van der Waals surface area contributed by atoms with Crippen LogP contribution in [0.2, 0.25) is 0 Å². The van der Waals surface area contributed by atoms with Crippen LogP contribution in [-0.4, -0.2) is 16.1 Å². The van der Waals surface area contributed by atoms with Crippen LogP contribution in [0.4, 0.5) is 0 Å². The van der Waals surface area contributed by atoms with Gasteiger partial charge < -0.3 is 5.11 Å². The molecule has 14 heavy (non-hydrogen) atoms. The van der Waals surface area contributed by atoms with Crippen LogP contribution in [0, 0.1) is 6.92 Å². The molecular formula is C11H9NO2. The molecule has 1 aromatic heterocycles. The quantitative estimate of drug-likeness (QED) is 0.744. The average Bonchev–Trinajstić information content (AvgIpc) is 2.16. The second kappa shape index (κ2) is 3.10. The smallest absolute Gasteiger partial charge is 0.336 e. The Hall–Kier alpha value is -1.90. The van der Waals surface area contributed by atoms with Gasteiger partial charge in [0.2, 0.25) is 0 Å². The molecule has 2 aromatic rings. The molecule has 70 valence electrons. The van der Waals surface area contributed by atoms with Crippen molar-refractivity contribution in [2.75, 3.05) is 0 Å². The summed E-state index contributed by atoms with van der Waals surface area (Å²) in [5, 5.41) is 9.86. The Kier molecular flexibility index (Phi) is 1.93. The summed E-state index contributed by atoms with van der Waals surface area (Å²) in [6.45, 7) is 1.79. The number of fused-ring (bicyclic) bond motifs is 1. The van der Waals surface area contributed by atoms with E-state index in [0.717, 1.165) is 16.5 Å². The Morgan fingerprint density at radius 3 is 2.93 bits per heavy atom. The summed E-state index contributed by atoms with van der Waals surface area (Å²) in [5.74, 6) is -0.907. The van der Waals surface area contributed by atoms with Gasteiger partial charge in [-0.25, -0.2) is 4.79 Å². The zero-order chi connectivity index (χ0) is 10.1. The van der Waals surface area contributed by atoms with Crippen molar-refractivity contribution in [3.05, 3.63) is 41.6 Å². The van der Waals surface area contributed by atoms with E-state index in [9.17, 15) is 4.79 Å². The number of carboxylic acids is 1. The van der Waals surface area contributed by atoms with E-state index in [-0.39, 0.29) is 0 Å². The number of aryl methyl sites for hydroxylation is 1. The number of aromatic carboxylic acids is 1. The van der Waals surface area contributed by atoms with Gasteiger partial charge in [0.1, 0.15) is 0 Å². The molecule has 0 radical (unpaired) electrons. The van der Waals surface area contributed by atoms with Crippen molar-refractivity contribution in [1.29, 1.82) is 0 Å². The Labute approximate surface area is 81.0 Å². The summed E-state index contributed by atoms with van der Waals surface area (Å²) in [6.07, 6.45) is 1.66. The molecule has 0 saturated heterocycles. The summed E-state index contributed by atoms with van der Waals surface area (Å²) in [7, 11) is 0. The maximum atomic E-state index is 10.8. The molecule has 0 aliphatic heterocycles. The molecule has 0 aliphatic carbocycles. The van der Waals surface area contributed by atoms with Gasteiger partial charge >= 0.3 is 5.97 Å². The molecule has 1 heterocycles. The molecule has 2 rings (SSSR count). The average molecular weight is 187 g/mol. The van der Waals surface area contributed by atoms with Crippen molar-refractivity contribution in [3.63, 3.8) is 0 Å². The Morgan fingerprint density at radius 2 is 2.21 bits per heavy atom. The monoisotopic (exact) mass is 187 g/mol. The molecule has 0 saturated carbocycles. The van der Waals surface area contributed by atoms with E-state index in [4.69, 9.17) is 5.11 Å². The van der Waals surface area contributed by atoms with Gasteiger partial charge in [-0.15, -0.1) is 0 Å². The number of aromatic nitrogens is 1. The van der Waals surface area contributed by atoms with Gasteiger partial charge in [0.15, 0.2) is 0 Å². The highest BCUT2D eigenvalue weighted by atomic mass is 16.4. The highest BCUT2D eigenvalue weighted by molar-refractivity contribution is 5.94. The first-order valence-corrected chi connectivity index (χ1v) is 4.27. The highest BCUT2D eigenvalue weighted by Crippen LogP contribution is 2.17. The number of hydrogen-bond acceptors (Lipinski definition) is 2. The topological polar surface area (TPSA) is 50.2 Å². The number of nitrogens with zero attached hydrogens (tertiary/aromatic N) is 1. The lowest BCUT2D eigenvalue weighted by Gasteiger charge is -2.02. The number of hydrogen-bond donors (Lipinski definition) is 1. The molecule has 0 bridgehead atoms. The fraction of sp³-hybridized carbons (Fsp3) is 0.0909. The molecule has 3 heteroatoms. The minimum Gasteiger partial charge on any atom is -0.478 e. The summed E-state index contributed by atoms with van der Waals surface area (Å²) in [6, 6.07) is 7.20. The number of benzene rings is 1. The van der Waals surface area contributed by atoms with Crippen molar-refractivity contribution < 1.29 is 9.90 Å². The van der Waals surface area contributed by atoms with Gasteiger partial charge in [-0.1, -0.05) is 6.07 Å². The first-order chi connectivity index (χ1) is 6.68. The van der Waals surface area contributed by atoms with Gasteiger partial charge in [-0.3, -0.25) is 4.98 Å². The van der Waals surface area contributed by atoms with Gasteiger partial charge in [-0.05, 0) is 30.7 Å². The predicted molar refractivity (Wildman–Crippen MR) is 53.4 cm³/mol. The second-order valence-corrected chi connectivity index (χ2v) is 3.17. The van der Waals surface area contributed by atoms with E-state index < -0.39 is 5.97 Å². The van der Waals surface area contributed by atoms with Crippen molar-refractivity contribution in [1.82, 2.24) is 4.98 Å². The normalized spacial score (nSPS) is 10.4. The molecule has 1 N–H and O–H groups in total. The zero-order valence-electron chi connectivity index (χ0n) is 7.69. The van der Waals surface area contributed by atoms with E-state index in [1.807, 2.05) is 18.2 Å². The molecule has 1 aromatic carbocycles. The van der Waals surface area contributed by atoms with Crippen LogP contribution >= 0.6 is 0 Å². The fourth-order valence-corrected chi connectivity index (χ4v) is 1.46. The molecule has 0 fully saturated rings. The number of rotatable bonds is 1. The maximum Gasteiger partial charge on any atom is 0.336 e. The number of pyridine rings is 1. The first-order valence-electron chi connectivity index (χ1n) is 4.27. The van der Waals surface area contributed by atoms with E-state index in [1.54, 1.807) is 19.2 Å². The fourth-order valence-electron chi connectivity index (χ4n) is 1.46. The maximum absolute atomic E-state index is 10.8. The Bertz CT molecular complexity index is 506. The van der Waals surface area contributed by atoms with Crippen LogP contribution in [0.5, 0.6) is 0 Å². The van der Waals surface area contributed by atoms with Crippen LogP contribution in [-0.2, 0) is 0 Å². The Balaban J connectivity index is 2.77. The van der Waals surface area contributed by atoms with E-state index in [0.29, 0.717) is 5.56 Å². The Morgan fingerprint density at radius 1 is 1.43 bits per heavy atom. The van der Waals surface area contributed by atoms with Gasteiger partial charge in [0.05, 0.1) is 11.1 Å². The summed E-state index contributed by atoms with van der Waals surface area (Å²) in [4.78, 5) is 14.9. The predicted octanol–water partition coefficient (Wildman–Crippen LogP) is 2.24. The number of carboxylic acid groups (broad SMARTS) is 1. The lowest BCUT2D eigenvalue weighted by atomic mass is 10.1. The number of carbonyl (C=O) groups is 1. The third kappa shape index (κ3) is 1.33. The van der Waals surface area contributed by atoms with Crippen LogP contribution in [0.15, 0.2) is 30.5 Å². The van der Waals surface area contributed by atoms with E-state index in [2.05, 4.69) is 4.98 Å².